The van der Waals surface area contributed by atoms with Gasteiger partial charge < -0.3 is 19.9 Å². The molecule has 1 aromatic carbocycles. The highest BCUT2D eigenvalue weighted by molar-refractivity contribution is 5.99. The Morgan fingerprint density at radius 1 is 1.38 bits per heavy atom. The second-order valence-electron chi connectivity index (χ2n) is 7.57. The molecule has 2 aromatic rings. The summed E-state index contributed by atoms with van der Waals surface area (Å²) in [4.78, 5) is 15.0. The van der Waals surface area contributed by atoms with Crippen LogP contribution < -0.4 is 5.43 Å². The monoisotopic (exact) mass is 399 g/mol. The molecule has 0 spiro atoms. The Bertz CT molecular complexity index is 843. The van der Waals surface area contributed by atoms with Crippen molar-refractivity contribution in [2.24, 2.45) is 5.10 Å². The Morgan fingerprint density at radius 3 is 2.69 bits per heavy atom. The SMILES string of the molecule is C=N.C=NNc1ccccc1C(=O)N1CC(c2cc(C(C)(C)O)no2)CC[C@H]1C. The fourth-order valence-electron chi connectivity index (χ4n) is 3.40. The first-order chi connectivity index (χ1) is 13.8. The van der Waals surface area contributed by atoms with Crippen molar-refractivity contribution in [2.75, 3.05) is 12.0 Å². The van der Waals surface area contributed by atoms with E-state index < -0.39 is 5.60 Å². The summed E-state index contributed by atoms with van der Waals surface area (Å²) in [6.07, 6.45) is 1.77. The Hall–Kier alpha value is -3.00. The van der Waals surface area contributed by atoms with Crippen LogP contribution in [0.4, 0.5) is 5.69 Å². The van der Waals surface area contributed by atoms with Gasteiger partial charge in [-0.3, -0.25) is 10.2 Å². The normalized spacial score (nSPS) is 19.1. The number of aromatic nitrogens is 1. The molecule has 8 nitrogen and oxygen atoms in total. The van der Waals surface area contributed by atoms with Gasteiger partial charge in [0.2, 0.25) is 0 Å². The van der Waals surface area contributed by atoms with E-state index in [-0.39, 0.29) is 17.9 Å². The van der Waals surface area contributed by atoms with Crippen molar-refractivity contribution in [2.45, 2.75) is 51.2 Å². The average Bonchev–Trinajstić information content (AvgIpc) is 3.21. The summed E-state index contributed by atoms with van der Waals surface area (Å²) in [6, 6.07) is 9.18. The van der Waals surface area contributed by atoms with Crippen molar-refractivity contribution >= 4 is 25.0 Å². The molecule has 2 heterocycles. The third-order valence-corrected chi connectivity index (χ3v) is 5.06. The number of nitrogens with one attached hydrogen (secondary N) is 2. The molecule has 29 heavy (non-hydrogen) atoms. The van der Waals surface area contributed by atoms with Crippen LogP contribution in [0, 0.1) is 5.41 Å². The molecule has 0 radical (unpaired) electrons. The maximum Gasteiger partial charge on any atom is 0.256 e. The van der Waals surface area contributed by atoms with Gasteiger partial charge in [-0.25, -0.2) is 0 Å². The number of hydrogen-bond donors (Lipinski definition) is 3. The van der Waals surface area contributed by atoms with Gasteiger partial charge in [-0.2, -0.15) is 5.10 Å². The number of piperidine rings is 1. The molecule has 0 aliphatic carbocycles. The zero-order valence-electron chi connectivity index (χ0n) is 17.2. The largest absolute Gasteiger partial charge is 0.384 e. The van der Waals surface area contributed by atoms with Crippen molar-refractivity contribution < 1.29 is 14.4 Å². The minimum absolute atomic E-state index is 0.0476. The van der Waals surface area contributed by atoms with Crippen LogP contribution in [-0.2, 0) is 5.60 Å². The lowest BCUT2D eigenvalue weighted by molar-refractivity contribution is 0.0596. The lowest BCUT2D eigenvalue weighted by Gasteiger charge is -2.37. The zero-order valence-corrected chi connectivity index (χ0v) is 17.2. The summed E-state index contributed by atoms with van der Waals surface area (Å²) in [6.45, 7) is 11.9. The van der Waals surface area contributed by atoms with Gasteiger partial charge >= 0.3 is 0 Å². The summed E-state index contributed by atoms with van der Waals surface area (Å²) in [5.41, 5.74) is 3.43. The molecule has 0 saturated carbocycles. The first-order valence-electron chi connectivity index (χ1n) is 9.47. The molecule has 1 aromatic heterocycles. The summed E-state index contributed by atoms with van der Waals surface area (Å²) in [5, 5.41) is 23.3. The van der Waals surface area contributed by atoms with Crippen molar-refractivity contribution in [1.29, 1.82) is 5.41 Å². The summed E-state index contributed by atoms with van der Waals surface area (Å²) >= 11 is 0. The van der Waals surface area contributed by atoms with Crippen LogP contribution in [0.2, 0.25) is 0 Å². The van der Waals surface area contributed by atoms with E-state index in [1.807, 2.05) is 17.0 Å². The van der Waals surface area contributed by atoms with Gasteiger partial charge in [0.1, 0.15) is 17.1 Å². The van der Waals surface area contributed by atoms with Crippen LogP contribution in [0.1, 0.15) is 61.3 Å². The molecule has 1 amide bonds. The maximum absolute atomic E-state index is 13.2. The predicted octanol–water partition coefficient (Wildman–Crippen LogP) is 3.60. The fraction of sp³-hybridized carbons (Fsp3) is 0.429. The Morgan fingerprint density at radius 2 is 2.07 bits per heavy atom. The summed E-state index contributed by atoms with van der Waals surface area (Å²) in [7, 11) is 0. The quantitative estimate of drug-likeness (QED) is 0.525. The highest BCUT2D eigenvalue weighted by Gasteiger charge is 2.34. The van der Waals surface area contributed by atoms with Gasteiger partial charge in [0.25, 0.3) is 5.91 Å². The number of likely N-dealkylation sites (tertiary alicyclic amines) is 1. The Kier molecular flexibility index (Phi) is 7.28. The van der Waals surface area contributed by atoms with Crippen LogP contribution in [0.15, 0.2) is 40.0 Å². The van der Waals surface area contributed by atoms with Gasteiger partial charge in [0.15, 0.2) is 0 Å². The number of carbonyl (C=O) groups excluding carboxylic acids is 1. The highest BCUT2D eigenvalue weighted by Crippen LogP contribution is 2.33. The molecule has 1 saturated heterocycles. The minimum atomic E-state index is -1.05. The number of amides is 1. The van der Waals surface area contributed by atoms with E-state index in [9.17, 15) is 9.90 Å². The van der Waals surface area contributed by atoms with Gasteiger partial charge in [0, 0.05) is 31.3 Å². The molecule has 1 unspecified atom stereocenters. The zero-order chi connectivity index (χ0) is 21.6. The molecule has 2 atom stereocenters. The van der Waals surface area contributed by atoms with Gasteiger partial charge in [-0.1, -0.05) is 17.3 Å². The molecule has 8 heteroatoms. The third kappa shape index (κ3) is 5.08. The van der Waals surface area contributed by atoms with E-state index in [0.29, 0.717) is 29.2 Å². The minimum Gasteiger partial charge on any atom is -0.384 e. The number of aliphatic hydroxyl groups is 1. The topological polar surface area (TPSA) is 115 Å². The molecular weight excluding hydrogens is 370 g/mol. The Labute approximate surface area is 171 Å². The van der Waals surface area contributed by atoms with E-state index in [1.54, 1.807) is 32.0 Å². The second-order valence-corrected chi connectivity index (χ2v) is 7.57. The van der Waals surface area contributed by atoms with Crippen molar-refractivity contribution in [1.82, 2.24) is 10.1 Å². The van der Waals surface area contributed by atoms with E-state index in [4.69, 9.17) is 9.93 Å². The van der Waals surface area contributed by atoms with E-state index in [2.05, 4.69) is 36.0 Å². The van der Waals surface area contributed by atoms with E-state index >= 15 is 0 Å². The number of hydrazone groups is 1. The molecule has 1 aliphatic rings. The Balaban J connectivity index is 0.00000145. The van der Waals surface area contributed by atoms with Crippen LogP contribution in [-0.4, -0.2) is 47.1 Å². The first-order valence-corrected chi connectivity index (χ1v) is 9.47. The lowest BCUT2D eigenvalue weighted by atomic mass is 9.90. The molecule has 0 bridgehead atoms. The average molecular weight is 399 g/mol. The number of rotatable bonds is 5. The van der Waals surface area contributed by atoms with Gasteiger partial charge in [-0.05, 0) is 52.5 Å². The van der Waals surface area contributed by atoms with E-state index in [1.165, 1.54) is 0 Å². The number of benzene rings is 1. The van der Waals surface area contributed by atoms with Crippen LogP contribution in [0.3, 0.4) is 0 Å². The van der Waals surface area contributed by atoms with Crippen molar-refractivity contribution in [3.63, 3.8) is 0 Å². The molecule has 3 rings (SSSR count). The van der Waals surface area contributed by atoms with E-state index in [0.717, 1.165) is 12.8 Å². The van der Waals surface area contributed by atoms with Crippen LogP contribution in [0.5, 0.6) is 0 Å². The summed E-state index contributed by atoms with van der Waals surface area (Å²) in [5.74, 6) is 0.698. The number of carbonyl (C=O) groups is 1. The highest BCUT2D eigenvalue weighted by atomic mass is 16.5. The van der Waals surface area contributed by atoms with Gasteiger partial charge in [-0.15, -0.1) is 0 Å². The third-order valence-electron chi connectivity index (χ3n) is 5.06. The number of anilines is 1. The summed E-state index contributed by atoms with van der Waals surface area (Å²) < 4.78 is 5.48. The maximum atomic E-state index is 13.2. The predicted molar refractivity (Wildman–Crippen MR) is 114 cm³/mol. The molecule has 3 N–H and O–H groups in total. The van der Waals surface area contributed by atoms with Crippen molar-refractivity contribution in [3.05, 3.63) is 47.3 Å². The lowest BCUT2D eigenvalue weighted by Crippen LogP contribution is -2.45. The van der Waals surface area contributed by atoms with Crippen molar-refractivity contribution in [3.8, 4) is 0 Å². The first kappa shape index (κ1) is 22.3. The van der Waals surface area contributed by atoms with Crippen LogP contribution >= 0.6 is 0 Å². The molecular formula is C21H29N5O3. The number of hydrogen-bond acceptors (Lipinski definition) is 7. The van der Waals surface area contributed by atoms with Crippen LogP contribution in [0.25, 0.3) is 0 Å². The van der Waals surface area contributed by atoms with Gasteiger partial charge in [0.05, 0.1) is 11.3 Å². The molecule has 1 aliphatic heterocycles. The second kappa shape index (κ2) is 9.47. The standard InChI is InChI=1S/C20H26N4O3.CH3N/c1-13-9-10-14(17-11-18(23-27-17)20(2,3)26)12-24(13)19(25)15-7-5-6-8-16(15)22-21-4;1-2/h5-8,11,13-14,22,26H,4,9-10,12H2,1-3H3;2H,1H2/t13-,14?;/m1./s1. The smallest absolute Gasteiger partial charge is 0.256 e. The number of nitrogens with zero attached hydrogens (tertiary/aromatic N) is 3. The fourth-order valence-corrected chi connectivity index (χ4v) is 3.40. The molecule has 156 valence electrons. The number of para-hydroxylation sites is 1. The molecule has 1 fully saturated rings.